The number of methoxy groups -OCH3 is 1. The van der Waals surface area contributed by atoms with Gasteiger partial charge in [0.15, 0.2) is 17.1 Å². The van der Waals surface area contributed by atoms with Gasteiger partial charge in [-0.25, -0.2) is 0 Å². The number of rotatable bonds is 11. The van der Waals surface area contributed by atoms with E-state index in [0.29, 0.717) is 29.0 Å². The molecule has 8 heteroatoms. The summed E-state index contributed by atoms with van der Waals surface area (Å²) in [5.74, 6) is 2.22. The summed E-state index contributed by atoms with van der Waals surface area (Å²) >= 11 is 1.34. The van der Waals surface area contributed by atoms with Crippen LogP contribution in [-0.4, -0.2) is 33.5 Å². The SMILES string of the molecule is C=CCn1c(SCC(=O)NC(C)c2ccccc2)nnc1C(C)Oc1cccc(OC)c1. The maximum atomic E-state index is 12.5. The number of thioether (sulfide) groups is 1. The Morgan fingerprint density at radius 2 is 1.91 bits per heavy atom. The van der Waals surface area contributed by atoms with E-state index in [4.69, 9.17) is 9.47 Å². The van der Waals surface area contributed by atoms with Crippen LogP contribution >= 0.6 is 11.8 Å². The molecule has 3 rings (SSSR count). The number of ether oxygens (including phenoxy) is 2. The molecule has 2 aromatic carbocycles. The molecule has 1 aromatic heterocycles. The molecule has 0 radical (unpaired) electrons. The van der Waals surface area contributed by atoms with Crippen LogP contribution in [0, 0.1) is 0 Å². The van der Waals surface area contributed by atoms with Gasteiger partial charge in [-0.15, -0.1) is 16.8 Å². The summed E-state index contributed by atoms with van der Waals surface area (Å²) < 4.78 is 13.2. The van der Waals surface area contributed by atoms with Crippen molar-refractivity contribution < 1.29 is 14.3 Å². The molecule has 0 aliphatic heterocycles. The number of aromatic nitrogens is 3. The standard InChI is InChI=1S/C24H28N4O3S/c1-5-14-28-23(18(3)31-21-13-9-12-20(15-21)30-4)26-27-24(28)32-16-22(29)25-17(2)19-10-7-6-8-11-19/h5-13,15,17-18H,1,14,16H2,2-4H3,(H,25,29). The minimum absolute atomic E-state index is 0.0674. The van der Waals surface area contributed by atoms with E-state index in [2.05, 4.69) is 22.1 Å². The molecule has 0 spiro atoms. The molecule has 0 saturated heterocycles. The summed E-state index contributed by atoms with van der Waals surface area (Å²) in [7, 11) is 1.61. The number of hydrogen-bond donors (Lipinski definition) is 1. The summed E-state index contributed by atoms with van der Waals surface area (Å²) in [6.45, 7) is 8.22. The zero-order chi connectivity index (χ0) is 22.9. The van der Waals surface area contributed by atoms with Gasteiger partial charge in [0, 0.05) is 12.6 Å². The second-order valence-corrected chi connectivity index (χ2v) is 8.11. The van der Waals surface area contributed by atoms with E-state index in [1.807, 2.05) is 73.0 Å². The Bertz CT molecular complexity index is 1040. The number of carbonyl (C=O) groups is 1. The maximum absolute atomic E-state index is 12.5. The van der Waals surface area contributed by atoms with E-state index in [1.54, 1.807) is 13.2 Å². The Kier molecular flexibility index (Phi) is 8.33. The summed E-state index contributed by atoms with van der Waals surface area (Å²) in [5.41, 5.74) is 1.06. The Hall–Kier alpha value is -3.26. The van der Waals surface area contributed by atoms with Gasteiger partial charge in [-0.05, 0) is 31.5 Å². The average Bonchev–Trinajstić information content (AvgIpc) is 3.21. The second kappa shape index (κ2) is 11.4. The number of nitrogens with one attached hydrogen (secondary N) is 1. The van der Waals surface area contributed by atoms with Gasteiger partial charge in [0.2, 0.25) is 5.91 Å². The molecule has 7 nitrogen and oxygen atoms in total. The molecule has 0 bridgehead atoms. The molecule has 1 amide bonds. The van der Waals surface area contributed by atoms with Crippen LogP contribution in [0.5, 0.6) is 11.5 Å². The smallest absolute Gasteiger partial charge is 0.230 e. The fourth-order valence-electron chi connectivity index (χ4n) is 3.18. The predicted molar refractivity (Wildman–Crippen MR) is 126 cm³/mol. The Morgan fingerprint density at radius 3 is 2.62 bits per heavy atom. The molecule has 0 aliphatic rings. The van der Waals surface area contributed by atoms with Gasteiger partial charge in [-0.2, -0.15) is 0 Å². The van der Waals surface area contributed by atoms with Crippen molar-refractivity contribution in [2.45, 2.75) is 37.7 Å². The molecular formula is C24H28N4O3S. The monoisotopic (exact) mass is 452 g/mol. The number of nitrogens with zero attached hydrogens (tertiary/aromatic N) is 3. The molecule has 0 aliphatic carbocycles. The Morgan fingerprint density at radius 1 is 1.16 bits per heavy atom. The summed E-state index contributed by atoms with van der Waals surface area (Å²) in [6.07, 6.45) is 1.42. The molecular weight excluding hydrogens is 424 g/mol. The van der Waals surface area contributed by atoms with Crippen molar-refractivity contribution in [3.05, 3.63) is 78.6 Å². The summed E-state index contributed by atoms with van der Waals surface area (Å²) in [4.78, 5) is 12.5. The topological polar surface area (TPSA) is 78.3 Å². The molecule has 1 N–H and O–H groups in total. The second-order valence-electron chi connectivity index (χ2n) is 7.17. The third-order valence-corrected chi connectivity index (χ3v) is 5.75. The largest absolute Gasteiger partial charge is 0.497 e. The summed E-state index contributed by atoms with van der Waals surface area (Å²) in [5, 5.41) is 12.3. The van der Waals surface area contributed by atoms with E-state index >= 15 is 0 Å². The Balaban J connectivity index is 1.64. The maximum Gasteiger partial charge on any atom is 0.230 e. The van der Waals surface area contributed by atoms with Gasteiger partial charge < -0.3 is 14.8 Å². The fourth-order valence-corrected chi connectivity index (χ4v) is 3.94. The molecule has 0 saturated carbocycles. The van der Waals surface area contributed by atoms with Gasteiger partial charge in [-0.1, -0.05) is 54.2 Å². The highest BCUT2D eigenvalue weighted by atomic mass is 32.2. The van der Waals surface area contributed by atoms with Crippen LogP contribution in [-0.2, 0) is 11.3 Å². The van der Waals surface area contributed by atoms with Crippen LogP contribution in [0.3, 0.4) is 0 Å². The third kappa shape index (κ3) is 6.13. The molecule has 1 heterocycles. The number of hydrogen-bond acceptors (Lipinski definition) is 6. The van der Waals surface area contributed by atoms with Crippen molar-refractivity contribution in [3.8, 4) is 11.5 Å². The van der Waals surface area contributed by atoms with Crippen molar-refractivity contribution >= 4 is 17.7 Å². The van der Waals surface area contributed by atoms with Crippen LogP contribution < -0.4 is 14.8 Å². The van der Waals surface area contributed by atoms with Crippen molar-refractivity contribution in [1.29, 1.82) is 0 Å². The average molecular weight is 453 g/mol. The first-order valence-corrected chi connectivity index (χ1v) is 11.3. The lowest BCUT2D eigenvalue weighted by Gasteiger charge is -2.16. The normalized spacial score (nSPS) is 12.6. The lowest BCUT2D eigenvalue weighted by atomic mass is 10.1. The quantitative estimate of drug-likeness (QED) is 0.339. The molecule has 3 aromatic rings. The first-order valence-electron chi connectivity index (χ1n) is 10.3. The van der Waals surface area contributed by atoms with Crippen molar-refractivity contribution in [2.24, 2.45) is 0 Å². The highest BCUT2D eigenvalue weighted by molar-refractivity contribution is 7.99. The number of allylic oxidation sites excluding steroid dienone is 1. The lowest BCUT2D eigenvalue weighted by Crippen LogP contribution is -2.28. The zero-order valence-corrected chi connectivity index (χ0v) is 19.3. The first-order chi connectivity index (χ1) is 15.5. The van der Waals surface area contributed by atoms with Crippen LogP contribution in [0.25, 0.3) is 0 Å². The van der Waals surface area contributed by atoms with Gasteiger partial charge in [0.05, 0.1) is 18.9 Å². The highest BCUT2D eigenvalue weighted by Gasteiger charge is 2.20. The lowest BCUT2D eigenvalue weighted by molar-refractivity contribution is -0.119. The minimum atomic E-state index is -0.351. The molecule has 2 atom stereocenters. The van der Waals surface area contributed by atoms with Gasteiger partial charge >= 0.3 is 0 Å². The number of amides is 1. The van der Waals surface area contributed by atoms with E-state index < -0.39 is 0 Å². The van der Waals surface area contributed by atoms with Gasteiger partial charge in [-0.3, -0.25) is 9.36 Å². The zero-order valence-electron chi connectivity index (χ0n) is 18.5. The van der Waals surface area contributed by atoms with Gasteiger partial charge in [0.1, 0.15) is 11.5 Å². The minimum Gasteiger partial charge on any atom is -0.497 e. The molecule has 2 unspecified atom stereocenters. The number of benzene rings is 2. The predicted octanol–water partition coefficient (Wildman–Crippen LogP) is 4.58. The van der Waals surface area contributed by atoms with E-state index in [1.165, 1.54) is 11.8 Å². The van der Waals surface area contributed by atoms with Crippen LogP contribution in [0.2, 0.25) is 0 Å². The van der Waals surface area contributed by atoms with Crippen molar-refractivity contribution in [3.63, 3.8) is 0 Å². The molecule has 32 heavy (non-hydrogen) atoms. The highest BCUT2D eigenvalue weighted by Crippen LogP contribution is 2.27. The van der Waals surface area contributed by atoms with Crippen molar-refractivity contribution in [1.82, 2.24) is 20.1 Å². The number of carbonyl (C=O) groups excluding carboxylic acids is 1. The third-order valence-electron chi connectivity index (χ3n) is 4.78. The first kappa shape index (κ1) is 23.4. The summed E-state index contributed by atoms with van der Waals surface area (Å²) in [6, 6.07) is 17.2. The van der Waals surface area contributed by atoms with Crippen LogP contribution in [0.15, 0.2) is 72.4 Å². The van der Waals surface area contributed by atoms with Crippen LogP contribution in [0.4, 0.5) is 0 Å². The van der Waals surface area contributed by atoms with Gasteiger partial charge in [0.25, 0.3) is 0 Å². The van der Waals surface area contributed by atoms with Crippen molar-refractivity contribution in [2.75, 3.05) is 12.9 Å². The van der Waals surface area contributed by atoms with Crippen LogP contribution in [0.1, 0.15) is 37.4 Å². The molecule has 168 valence electrons. The fraction of sp³-hybridized carbons (Fsp3) is 0.292. The Labute approximate surface area is 192 Å². The van der Waals surface area contributed by atoms with E-state index in [9.17, 15) is 4.79 Å². The van der Waals surface area contributed by atoms with E-state index in [0.717, 1.165) is 5.56 Å². The molecule has 0 fully saturated rings. The van der Waals surface area contributed by atoms with E-state index in [-0.39, 0.29) is 23.8 Å².